The lowest BCUT2D eigenvalue weighted by Crippen LogP contribution is -2.21. The number of amides is 1. The van der Waals surface area contributed by atoms with Crippen molar-refractivity contribution in [2.24, 2.45) is 0 Å². The van der Waals surface area contributed by atoms with Crippen LogP contribution >= 0.6 is 11.3 Å². The summed E-state index contributed by atoms with van der Waals surface area (Å²) in [6.07, 6.45) is 0. The molecule has 1 amide bonds. The van der Waals surface area contributed by atoms with Gasteiger partial charge in [0.25, 0.3) is 5.91 Å². The molecule has 0 unspecified atom stereocenters. The number of carbonyl (C=O) groups excluding carboxylic acids is 1. The van der Waals surface area contributed by atoms with Crippen LogP contribution < -0.4 is 10.1 Å². The van der Waals surface area contributed by atoms with Crippen LogP contribution in [0, 0.1) is 11.6 Å². The molecule has 25 heavy (non-hydrogen) atoms. The van der Waals surface area contributed by atoms with E-state index in [9.17, 15) is 13.6 Å². The summed E-state index contributed by atoms with van der Waals surface area (Å²) in [5, 5.41) is 4.61. The summed E-state index contributed by atoms with van der Waals surface area (Å²) in [6.45, 7) is 0.581. The first kappa shape index (κ1) is 17.1. The second-order valence-corrected chi connectivity index (χ2v) is 6.29. The summed E-state index contributed by atoms with van der Waals surface area (Å²) in [5.41, 5.74) is 1.65. The fourth-order valence-electron chi connectivity index (χ4n) is 2.17. The summed E-state index contributed by atoms with van der Waals surface area (Å²) in [5.74, 6) is -0.431. The maximum atomic E-state index is 13.1. The Morgan fingerprint density at radius 1 is 1.00 bits per heavy atom. The number of hydrogen-bond acceptors (Lipinski definition) is 3. The van der Waals surface area contributed by atoms with Gasteiger partial charge in [-0.25, -0.2) is 8.78 Å². The van der Waals surface area contributed by atoms with E-state index in [1.807, 2.05) is 5.38 Å². The highest BCUT2D eigenvalue weighted by atomic mass is 32.1. The highest BCUT2D eigenvalue weighted by Gasteiger charge is 2.09. The highest BCUT2D eigenvalue weighted by molar-refractivity contribution is 7.12. The van der Waals surface area contributed by atoms with E-state index in [1.54, 1.807) is 30.3 Å². The smallest absolute Gasteiger partial charge is 0.261 e. The molecule has 6 heteroatoms. The van der Waals surface area contributed by atoms with Gasteiger partial charge in [0.05, 0.1) is 4.88 Å². The van der Waals surface area contributed by atoms with E-state index in [2.05, 4.69) is 5.32 Å². The molecule has 2 aromatic carbocycles. The number of nitrogens with one attached hydrogen (secondary N) is 1. The molecule has 128 valence electrons. The van der Waals surface area contributed by atoms with Gasteiger partial charge >= 0.3 is 0 Å². The third-order valence-corrected chi connectivity index (χ3v) is 4.42. The Hall–Kier alpha value is -2.73. The van der Waals surface area contributed by atoms with Gasteiger partial charge in [0.1, 0.15) is 24.0 Å². The fourth-order valence-corrected chi connectivity index (χ4v) is 2.98. The standard InChI is InChI=1S/C19H15F2NO2S/c20-15-6-4-13(5-7-15)10-22-19(23)18-8-14(12-25-18)11-24-17-3-1-2-16(21)9-17/h1-9,12H,10-11H2,(H,22,23). The molecule has 3 nitrogen and oxygen atoms in total. The van der Waals surface area contributed by atoms with Crippen LogP contribution in [0.15, 0.2) is 60.0 Å². The number of benzene rings is 2. The second-order valence-electron chi connectivity index (χ2n) is 5.37. The Morgan fingerprint density at radius 3 is 2.56 bits per heavy atom. The van der Waals surface area contributed by atoms with Crippen molar-refractivity contribution in [1.82, 2.24) is 5.32 Å². The van der Waals surface area contributed by atoms with Crippen molar-refractivity contribution in [2.75, 3.05) is 0 Å². The highest BCUT2D eigenvalue weighted by Crippen LogP contribution is 2.18. The van der Waals surface area contributed by atoms with Crippen LogP contribution in [-0.4, -0.2) is 5.91 Å². The van der Waals surface area contributed by atoms with Gasteiger partial charge in [0.2, 0.25) is 0 Å². The second kappa shape index (κ2) is 7.90. The van der Waals surface area contributed by atoms with Crippen LogP contribution in [0.2, 0.25) is 0 Å². The largest absolute Gasteiger partial charge is 0.489 e. The van der Waals surface area contributed by atoms with E-state index < -0.39 is 0 Å². The van der Waals surface area contributed by atoms with Crippen LogP contribution in [0.4, 0.5) is 8.78 Å². The van der Waals surface area contributed by atoms with E-state index in [0.29, 0.717) is 17.2 Å². The summed E-state index contributed by atoms with van der Waals surface area (Å²) in [6, 6.07) is 13.6. The SMILES string of the molecule is O=C(NCc1ccc(F)cc1)c1cc(COc2cccc(F)c2)cs1. The summed E-state index contributed by atoms with van der Waals surface area (Å²) >= 11 is 1.31. The monoisotopic (exact) mass is 359 g/mol. The predicted octanol–water partition coefficient (Wildman–Crippen LogP) is 4.54. The Kier molecular flexibility index (Phi) is 5.40. The molecule has 0 fully saturated rings. The Bertz CT molecular complexity index is 862. The lowest BCUT2D eigenvalue weighted by molar-refractivity contribution is 0.0955. The van der Waals surface area contributed by atoms with Crippen molar-refractivity contribution in [3.05, 3.63) is 87.6 Å². The average Bonchev–Trinajstić information content (AvgIpc) is 3.08. The molecule has 0 saturated carbocycles. The van der Waals surface area contributed by atoms with Crippen molar-refractivity contribution in [3.63, 3.8) is 0 Å². The fraction of sp³-hybridized carbons (Fsp3) is 0.105. The minimum atomic E-state index is -0.358. The maximum Gasteiger partial charge on any atom is 0.261 e. The van der Waals surface area contributed by atoms with E-state index in [4.69, 9.17) is 4.74 Å². The molecule has 3 aromatic rings. The van der Waals surface area contributed by atoms with Gasteiger partial charge in [0.15, 0.2) is 0 Å². The molecule has 1 heterocycles. The molecule has 0 aliphatic carbocycles. The first-order chi connectivity index (χ1) is 12.1. The normalized spacial score (nSPS) is 10.5. The molecular weight excluding hydrogens is 344 g/mol. The zero-order valence-electron chi connectivity index (χ0n) is 13.2. The van der Waals surface area contributed by atoms with Crippen LogP contribution in [-0.2, 0) is 13.2 Å². The molecule has 0 saturated heterocycles. The first-order valence-corrected chi connectivity index (χ1v) is 8.46. The number of halogens is 2. The molecular formula is C19H15F2NO2S. The van der Waals surface area contributed by atoms with E-state index in [1.165, 1.54) is 35.6 Å². The topological polar surface area (TPSA) is 38.3 Å². The van der Waals surface area contributed by atoms with Gasteiger partial charge < -0.3 is 10.1 Å². The average molecular weight is 359 g/mol. The van der Waals surface area contributed by atoms with Gasteiger partial charge in [-0.3, -0.25) is 4.79 Å². The summed E-state index contributed by atoms with van der Waals surface area (Å²) in [4.78, 5) is 12.7. The first-order valence-electron chi connectivity index (χ1n) is 7.58. The molecule has 0 bridgehead atoms. The van der Waals surface area contributed by atoms with Gasteiger partial charge in [-0.1, -0.05) is 18.2 Å². The molecule has 1 aromatic heterocycles. The third-order valence-electron chi connectivity index (χ3n) is 3.45. The quantitative estimate of drug-likeness (QED) is 0.702. The van der Waals surface area contributed by atoms with Crippen LogP contribution in [0.1, 0.15) is 20.8 Å². The summed E-state index contributed by atoms with van der Waals surface area (Å²) < 4.78 is 31.5. The zero-order chi connectivity index (χ0) is 17.6. The molecule has 1 N–H and O–H groups in total. The number of thiophene rings is 1. The lowest BCUT2D eigenvalue weighted by atomic mass is 10.2. The molecule has 0 aliphatic rings. The molecule has 3 rings (SSSR count). The van der Waals surface area contributed by atoms with Crippen molar-refractivity contribution in [2.45, 2.75) is 13.2 Å². The number of rotatable bonds is 6. The molecule has 0 radical (unpaired) electrons. The Balaban J connectivity index is 1.53. The Labute approximate surface area is 147 Å². The lowest BCUT2D eigenvalue weighted by Gasteiger charge is -2.04. The maximum absolute atomic E-state index is 13.1. The van der Waals surface area contributed by atoms with Crippen molar-refractivity contribution in [3.8, 4) is 5.75 Å². The minimum absolute atomic E-state index is 0.202. The van der Waals surface area contributed by atoms with Gasteiger partial charge in [-0.05, 0) is 41.3 Å². The minimum Gasteiger partial charge on any atom is -0.489 e. The number of carbonyl (C=O) groups is 1. The predicted molar refractivity (Wildman–Crippen MR) is 92.6 cm³/mol. The van der Waals surface area contributed by atoms with E-state index in [-0.39, 0.29) is 24.1 Å². The Morgan fingerprint density at radius 2 is 1.80 bits per heavy atom. The summed E-state index contributed by atoms with van der Waals surface area (Å²) in [7, 11) is 0. The van der Waals surface area contributed by atoms with Crippen LogP contribution in [0.3, 0.4) is 0 Å². The van der Waals surface area contributed by atoms with Crippen molar-refractivity contribution in [1.29, 1.82) is 0 Å². The van der Waals surface area contributed by atoms with E-state index in [0.717, 1.165) is 11.1 Å². The zero-order valence-corrected chi connectivity index (χ0v) is 14.0. The van der Waals surface area contributed by atoms with E-state index >= 15 is 0 Å². The third kappa shape index (κ3) is 4.87. The van der Waals surface area contributed by atoms with Crippen LogP contribution in [0.25, 0.3) is 0 Å². The molecule has 0 atom stereocenters. The van der Waals surface area contributed by atoms with Crippen molar-refractivity contribution < 1.29 is 18.3 Å². The molecule has 0 aliphatic heterocycles. The van der Waals surface area contributed by atoms with Gasteiger partial charge in [0, 0.05) is 18.2 Å². The van der Waals surface area contributed by atoms with Crippen LogP contribution in [0.5, 0.6) is 5.75 Å². The molecule has 0 spiro atoms. The van der Waals surface area contributed by atoms with Gasteiger partial charge in [-0.15, -0.1) is 11.3 Å². The number of hydrogen-bond donors (Lipinski definition) is 1. The van der Waals surface area contributed by atoms with Gasteiger partial charge in [-0.2, -0.15) is 0 Å². The number of ether oxygens (including phenoxy) is 1. The van der Waals surface area contributed by atoms with Crippen molar-refractivity contribution >= 4 is 17.2 Å².